The summed E-state index contributed by atoms with van der Waals surface area (Å²) in [6, 6.07) is 12.9. The summed E-state index contributed by atoms with van der Waals surface area (Å²) >= 11 is 10.1. The average Bonchev–Trinajstić information content (AvgIpc) is 3.29. The summed E-state index contributed by atoms with van der Waals surface area (Å²) in [7, 11) is 4.01. The molecule has 178 valence electrons. The number of anilines is 2. The molecule has 5 aromatic rings. The second-order valence-electron chi connectivity index (χ2n) is 7.97. The fourth-order valence-electron chi connectivity index (χ4n) is 3.39. The highest BCUT2D eigenvalue weighted by Gasteiger charge is 2.12. The third kappa shape index (κ3) is 5.29. The summed E-state index contributed by atoms with van der Waals surface area (Å²) in [5, 5.41) is 8.70. The number of halogens is 2. The van der Waals surface area contributed by atoms with Gasteiger partial charge in [0.1, 0.15) is 42.3 Å². The smallest absolute Gasteiger partial charge is 0.158 e. The number of benzene rings is 2. The number of hydrogen-bond donors (Lipinski definition) is 1. The van der Waals surface area contributed by atoms with E-state index in [4.69, 9.17) is 21.1 Å². The van der Waals surface area contributed by atoms with Gasteiger partial charge in [0.25, 0.3) is 0 Å². The Labute approximate surface area is 214 Å². The van der Waals surface area contributed by atoms with E-state index in [-0.39, 0.29) is 0 Å². The normalized spacial score (nSPS) is 11.3. The zero-order chi connectivity index (χ0) is 24.4. The van der Waals surface area contributed by atoms with Crippen molar-refractivity contribution >= 4 is 55.6 Å². The van der Waals surface area contributed by atoms with Gasteiger partial charge in [0.05, 0.1) is 15.0 Å². The van der Waals surface area contributed by atoms with Gasteiger partial charge in [0.15, 0.2) is 5.65 Å². The van der Waals surface area contributed by atoms with Crippen molar-refractivity contribution in [3.05, 3.63) is 70.8 Å². The molecule has 1 N–H and O–H groups in total. The van der Waals surface area contributed by atoms with Crippen LogP contribution in [0, 0.1) is 0 Å². The standard InChI is InChI=1S/C24H21BrClN7O2/c1-32(2)7-8-34-22-12-20-17(11-18(22)25)24(29-13-27-20)31-15-3-4-21(19(26)9-15)35-16-5-6-33-23(10-16)28-14-30-33/h3-6,9-14H,7-8H2,1-2H3,(H,27,29,31). The predicted molar refractivity (Wildman–Crippen MR) is 139 cm³/mol. The molecule has 3 heterocycles. The molecule has 0 saturated carbocycles. The first kappa shape index (κ1) is 23.3. The highest BCUT2D eigenvalue weighted by atomic mass is 79.9. The van der Waals surface area contributed by atoms with Gasteiger partial charge in [-0.2, -0.15) is 5.10 Å². The maximum absolute atomic E-state index is 6.52. The molecule has 0 aliphatic rings. The molecule has 11 heteroatoms. The molecule has 0 amide bonds. The number of hydrogen-bond acceptors (Lipinski definition) is 8. The fourth-order valence-corrected chi connectivity index (χ4v) is 4.07. The molecule has 0 radical (unpaired) electrons. The quantitative estimate of drug-likeness (QED) is 0.266. The minimum atomic E-state index is 0.451. The van der Waals surface area contributed by atoms with Gasteiger partial charge >= 0.3 is 0 Å². The van der Waals surface area contributed by atoms with Gasteiger partial charge < -0.3 is 19.7 Å². The summed E-state index contributed by atoms with van der Waals surface area (Å²) in [6.45, 7) is 1.39. The molecular formula is C24H21BrClN7O2. The molecular weight excluding hydrogens is 534 g/mol. The van der Waals surface area contributed by atoms with Gasteiger partial charge in [-0.25, -0.2) is 19.5 Å². The Morgan fingerprint density at radius 1 is 1.03 bits per heavy atom. The lowest BCUT2D eigenvalue weighted by molar-refractivity contribution is 0.260. The molecule has 2 aromatic carbocycles. The largest absolute Gasteiger partial charge is 0.491 e. The number of ether oxygens (including phenoxy) is 2. The van der Waals surface area contributed by atoms with Crippen LogP contribution in [-0.2, 0) is 0 Å². The van der Waals surface area contributed by atoms with Gasteiger partial charge in [-0.3, -0.25) is 0 Å². The van der Waals surface area contributed by atoms with Crippen LogP contribution in [0.1, 0.15) is 0 Å². The number of nitrogens with one attached hydrogen (secondary N) is 1. The van der Waals surface area contributed by atoms with Crippen molar-refractivity contribution in [3.63, 3.8) is 0 Å². The van der Waals surface area contributed by atoms with E-state index in [1.807, 2.05) is 32.3 Å². The number of rotatable bonds is 8. The summed E-state index contributed by atoms with van der Waals surface area (Å²) in [5.41, 5.74) is 2.21. The third-order valence-corrected chi connectivity index (χ3v) is 6.07. The number of likely N-dealkylation sites (N-methyl/N-ethyl adjacent to an activating group) is 1. The van der Waals surface area contributed by atoms with E-state index >= 15 is 0 Å². The molecule has 0 aliphatic carbocycles. The molecule has 9 nitrogen and oxygen atoms in total. The molecule has 0 unspecified atom stereocenters. The van der Waals surface area contributed by atoms with Gasteiger partial charge in [0.2, 0.25) is 0 Å². The van der Waals surface area contributed by atoms with Crippen LogP contribution in [0.15, 0.2) is 65.8 Å². The van der Waals surface area contributed by atoms with E-state index in [1.54, 1.807) is 35.0 Å². The van der Waals surface area contributed by atoms with Gasteiger partial charge in [-0.1, -0.05) is 11.6 Å². The topological polar surface area (TPSA) is 89.7 Å². The van der Waals surface area contributed by atoms with Gasteiger partial charge in [-0.05, 0) is 60.4 Å². The molecule has 0 spiro atoms. The second kappa shape index (κ2) is 10.0. The molecule has 3 aromatic heterocycles. The second-order valence-corrected chi connectivity index (χ2v) is 9.23. The summed E-state index contributed by atoms with van der Waals surface area (Å²) in [5.74, 6) is 2.52. The number of aromatic nitrogens is 5. The van der Waals surface area contributed by atoms with E-state index in [0.717, 1.165) is 33.4 Å². The van der Waals surface area contributed by atoms with Crippen LogP contribution in [-0.4, -0.2) is 56.7 Å². The highest BCUT2D eigenvalue weighted by molar-refractivity contribution is 9.10. The van der Waals surface area contributed by atoms with E-state index in [9.17, 15) is 0 Å². The van der Waals surface area contributed by atoms with Crippen LogP contribution >= 0.6 is 27.5 Å². The SMILES string of the molecule is CN(C)CCOc1cc2ncnc(Nc3ccc(Oc4ccn5ncnc5c4)c(Cl)c3)c2cc1Br. The molecule has 35 heavy (non-hydrogen) atoms. The number of pyridine rings is 1. The van der Waals surface area contributed by atoms with Crippen molar-refractivity contribution in [2.75, 3.05) is 32.6 Å². The van der Waals surface area contributed by atoms with Crippen LogP contribution in [0.2, 0.25) is 5.02 Å². The zero-order valence-corrected chi connectivity index (χ0v) is 21.3. The van der Waals surface area contributed by atoms with Crippen LogP contribution < -0.4 is 14.8 Å². The Balaban J connectivity index is 1.35. The summed E-state index contributed by atoms with van der Waals surface area (Å²) in [6.07, 6.45) is 4.78. The summed E-state index contributed by atoms with van der Waals surface area (Å²) in [4.78, 5) is 15.1. The molecule has 0 fully saturated rings. The summed E-state index contributed by atoms with van der Waals surface area (Å²) < 4.78 is 14.3. The number of nitrogens with zero attached hydrogens (tertiary/aromatic N) is 6. The van der Waals surface area contributed by atoms with Crippen molar-refractivity contribution in [3.8, 4) is 17.2 Å². The highest BCUT2D eigenvalue weighted by Crippen LogP contribution is 2.35. The van der Waals surface area contributed by atoms with Crippen molar-refractivity contribution in [2.45, 2.75) is 0 Å². The first-order valence-electron chi connectivity index (χ1n) is 10.7. The Morgan fingerprint density at radius 3 is 2.74 bits per heavy atom. The van der Waals surface area contributed by atoms with Crippen LogP contribution in [0.5, 0.6) is 17.2 Å². The van der Waals surface area contributed by atoms with Crippen molar-refractivity contribution in [1.82, 2.24) is 29.5 Å². The predicted octanol–water partition coefficient (Wildman–Crippen LogP) is 5.56. The lowest BCUT2D eigenvalue weighted by Crippen LogP contribution is -2.19. The van der Waals surface area contributed by atoms with Gasteiger partial charge in [-0.15, -0.1) is 0 Å². The monoisotopic (exact) mass is 553 g/mol. The van der Waals surface area contributed by atoms with E-state index in [0.29, 0.717) is 34.6 Å². The molecule has 0 saturated heterocycles. The molecule has 5 rings (SSSR count). The fraction of sp³-hybridized carbons (Fsp3) is 0.167. The third-order valence-electron chi connectivity index (χ3n) is 5.16. The minimum absolute atomic E-state index is 0.451. The van der Waals surface area contributed by atoms with Crippen molar-refractivity contribution in [2.24, 2.45) is 0 Å². The molecule has 0 bridgehead atoms. The minimum Gasteiger partial charge on any atom is -0.491 e. The Hall–Kier alpha value is -3.47. The van der Waals surface area contributed by atoms with Crippen LogP contribution in [0.4, 0.5) is 11.5 Å². The maximum atomic E-state index is 6.52. The maximum Gasteiger partial charge on any atom is 0.158 e. The zero-order valence-electron chi connectivity index (χ0n) is 18.9. The average molecular weight is 555 g/mol. The molecule has 0 aliphatic heterocycles. The van der Waals surface area contributed by atoms with Crippen molar-refractivity contribution < 1.29 is 9.47 Å². The van der Waals surface area contributed by atoms with Gasteiger partial charge in [0, 0.05) is 35.9 Å². The van der Waals surface area contributed by atoms with E-state index < -0.39 is 0 Å². The Bertz CT molecular complexity index is 1510. The first-order chi connectivity index (χ1) is 17.0. The first-order valence-corrected chi connectivity index (χ1v) is 11.9. The lowest BCUT2D eigenvalue weighted by Gasteiger charge is -2.14. The Kier molecular flexibility index (Phi) is 6.67. The van der Waals surface area contributed by atoms with Crippen molar-refractivity contribution in [1.29, 1.82) is 0 Å². The van der Waals surface area contributed by atoms with Crippen LogP contribution in [0.3, 0.4) is 0 Å². The van der Waals surface area contributed by atoms with E-state index in [2.05, 4.69) is 46.2 Å². The molecule has 0 atom stereocenters. The van der Waals surface area contributed by atoms with Crippen LogP contribution in [0.25, 0.3) is 16.6 Å². The van der Waals surface area contributed by atoms with E-state index in [1.165, 1.54) is 12.7 Å². The Morgan fingerprint density at radius 2 is 1.91 bits per heavy atom. The number of fused-ring (bicyclic) bond motifs is 2. The lowest BCUT2D eigenvalue weighted by atomic mass is 10.2.